The van der Waals surface area contributed by atoms with Gasteiger partial charge in [-0.25, -0.2) is 18.2 Å². The zero-order valence-corrected chi connectivity index (χ0v) is 29.9. The standard InChI is InChI=1S/C38H44N6O6S/c1-25(2)34(42-38(47)50-3)37(46)44-18-4-5-33(44)35-39-23-32(41-35)29-12-8-27(9-13-29)28-10-14-30(15-11-28)36(45)40-31-16-6-26(7-17-31)24-43-19-21-51(48,49)22-20-43/h6-17,23,25,33-34H,4-5,18-22,24H2,1-3H3,(H,39,41)(H,40,45)(H,42,47)/t33-,34+/m1/s1. The number of imidazole rings is 1. The van der Waals surface area contributed by atoms with Gasteiger partial charge in [0.05, 0.1) is 36.5 Å². The first-order valence-electron chi connectivity index (χ1n) is 17.2. The average molecular weight is 713 g/mol. The second-order valence-corrected chi connectivity index (χ2v) is 15.8. The molecule has 0 saturated carbocycles. The number of alkyl carbamates (subject to hydrolysis) is 1. The van der Waals surface area contributed by atoms with Crippen LogP contribution in [0.2, 0.25) is 0 Å². The Labute approximate surface area is 298 Å². The van der Waals surface area contributed by atoms with Gasteiger partial charge in [0, 0.05) is 37.4 Å². The van der Waals surface area contributed by atoms with Crippen LogP contribution in [0.4, 0.5) is 10.5 Å². The molecular formula is C38H44N6O6S. The van der Waals surface area contributed by atoms with E-state index in [1.807, 2.05) is 74.5 Å². The van der Waals surface area contributed by atoms with E-state index in [-0.39, 0.29) is 35.3 Å². The van der Waals surface area contributed by atoms with E-state index in [1.165, 1.54) is 7.11 Å². The van der Waals surface area contributed by atoms with E-state index in [2.05, 4.69) is 25.5 Å². The van der Waals surface area contributed by atoms with E-state index in [9.17, 15) is 22.8 Å². The van der Waals surface area contributed by atoms with Crippen molar-refractivity contribution in [1.82, 2.24) is 25.1 Å². The van der Waals surface area contributed by atoms with Crippen LogP contribution in [0.25, 0.3) is 22.4 Å². The smallest absolute Gasteiger partial charge is 0.407 e. The molecule has 2 aliphatic heterocycles. The molecule has 0 aliphatic carbocycles. The van der Waals surface area contributed by atoms with Crippen LogP contribution in [0.1, 0.15) is 54.5 Å². The predicted octanol–water partition coefficient (Wildman–Crippen LogP) is 5.27. The third-order valence-electron chi connectivity index (χ3n) is 9.57. The maximum atomic E-state index is 13.5. The second-order valence-electron chi connectivity index (χ2n) is 13.5. The Morgan fingerprint density at radius 2 is 1.53 bits per heavy atom. The molecule has 13 heteroatoms. The van der Waals surface area contributed by atoms with E-state index >= 15 is 0 Å². The lowest BCUT2D eigenvalue weighted by atomic mass is 10.0. The van der Waals surface area contributed by atoms with E-state index in [4.69, 9.17) is 4.74 Å². The highest BCUT2D eigenvalue weighted by Gasteiger charge is 2.37. The molecule has 0 radical (unpaired) electrons. The summed E-state index contributed by atoms with van der Waals surface area (Å²) in [6.07, 6.45) is 2.77. The summed E-state index contributed by atoms with van der Waals surface area (Å²) >= 11 is 0. The summed E-state index contributed by atoms with van der Waals surface area (Å²) < 4.78 is 28.1. The lowest BCUT2D eigenvalue weighted by Crippen LogP contribution is -2.51. The van der Waals surface area contributed by atoms with Crippen molar-refractivity contribution < 1.29 is 27.5 Å². The van der Waals surface area contributed by atoms with Crippen LogP contribution in [-0.4, -0.2) is 90.4 Å². The molecule has 2 aliphatic rings. The fourth-order valence-electron chi connectivity index (χ4n) is 6.57. The Kier molecular flexibility index (Phi) is 10.9. The van der Waals surface area contributed by atoms with Crippen molar-refractivity contribution >= 4 is 33.4 Å². The number of nitrogens with one attached hydrogen (secondary N) is 3. The molecule has 1 aromatic heterocycles. The summed E-state index contributed by atoms with van der Waals surface area (Å²) in [4.78, 5) is 50.3. The fourth-order valence-corrected chi connectivity index (χ4v) is 7.84. The highest BCUT2D eigenvalue weighted by Crippen LogP contribution is 2.33. The molecule has 12 nitrogen and oxygen atoms in total. The van der Waals surface area contributed by atoms with Crippen LogP contribution in [0.5, 0.6) is 0 Å². The largest absolute Gasteiger partial charge is 0.453 e. The molecule has 2 atom stereocenters. The molecule has 4 aromatic rings. The predicted molar refractivity (Wildman–Crippen MR) is 196 cm³/mol. The quantitative estimate of drug-likeness (QED) is 0.201. The van der Waals surface area contributed by atoms with E-state index in [0.29, 0.717) is 43.3 Å². The number of nitrogens with zero attached hydrogens (tertiary/aromatic N) is 3. The van der Waals surface area contributed by atoms with E-state index in [0.717, 1.165) is 40.8 Å². The minimum absolute atomic E-state index is 0.107. The molecule has 2 fully saturated rings. The van der Waals surface area contributed by atoms with Gasteiger partial charge in [-0.2, -0.15) is 0 Å². The van der Waals surface area contributed by atoms with Gasteiger partial charge in [0.15, 0.2) is 9.84 Å². The molecule has 0 bridgehead atoms. The maximum Gasteiger partial charge on any atom is 0.407 e. The van der Waals surface area contributed by atoms with Crippen molar-refractivity contribution in [1.29, 1.82) is 0 Å². The zero-order valence-electron chi connectivity index (χ0n) is 29.1. The lowest BCUT2D eigenvalue weighted by Gasteiger charge is -2.30. The molecule has 51 heavy (non-hydrogen) atoms. The summed E-state index contributed by atoms with van der Waals surface area (Å²) in [5.41, 5.74) is 6.05. The van der Waals surface area contributed by atoms with Gasteiger partial charge in [0.25, 0.3) is 5.91 Å². The lowest BCUT2D eigenvalue weighted by molar-refractivity contribution is -0.135. The SMILES string of the molecule is COC(=O)N[C@H](C(=O)N1CCC[C@@H]1c1ncc(-c2ccc(-c3ccc(C(=O)Nc4ccc(CN5CCS(=O)(=O)CC5)cc4)cc3)cc2)[nH]1)C(C)C. The molecule has 268 valence electrons. The van der Waals surface area contributed by atoms with Crippen LogP contribution in [0.15, 0.2) is 79.0 Å². The second kappa shape index (κ2) is 15.5. The number of sulfone groups is 1. The summed E-state index contributed by atoms with van der Waals surface area (Å²) in [5.74, 6) is 0.643. The number of hydrogen-bond donors (Lipinski definition) is 3. The first kappa shape index (κ1) is 35.8. The van der Waals surface area contributed by atoms with Crippen LogP contribution < -0.4 is 10.6 Å². The fraction of sp³-hybridized carbons (Fsp3) is 0.368. The number of carbonyl (C=O) groups excluding carboxylic acids is 3. The Morgan fingerprint density at radius 3 is 2.16 bits per heavy atom. The number of rotatable bonds is 10. The monoisotopic (exact) mass is 712 g/mol. The minimum Gasteiger partial charge on any atom is -0.453 e. The Hall–Kier alpha value is -5.01. The van der Waals surface area contributed by atoms with Gasteiger partial charge >= 0.3 is 6.09 Å². The van der Waals surface area contributed by atoms with Crippen molar-refractivity contribution in [2.45, 2.75) is 45.3 Å². The molecule has 0 unspecified atom stereocenters. The van der Waals surface area contributed by atoms with Gasteiger partial charge in [-0.3, -0.25) is 14.5 Å². The summed E-state index contributed by atoms with van der Waals surface area (Å²) in [5, 5.41) is 5.63. The van der Waals surface area contributed by atoms with Crippen LogP contribution in [-0.2, 0) is 25.9 Å². The third kappa shape index (κ3) is 8.66. The molecule has 3 amide bonds. The number of aromatic amines is 1. The average Bonchev–Trinajstić information content (AvgIpc) is 3.83. The third-order valence-corrected chi connectivity index (χ3v) is 11.2. The highest BCUT2D eigenvalue weighted by atomic mass is 32.2. The van der Waals surface area contributed by atoms with Crippen molar-refractivity contribution in [2.75, 3.05) is 43.6 Å². The number of carbonyl (C=O) groups is 3. The molecule has 3 aromatic carbocycles. The number of anilines is 1. The van der Waals surface area contributed by atoms with Crippen molar-refractivity contribution in [2.24, 2.45) is 5.92 Å². The van der Waals surface area contributed by atoms with Crippen LogP contribution in [0, 0.1) is 5.92 Å². The maximum absolute atomic E-state index is 13.5. The van der Waals surface area contributed by atoms with Crippen molar-refractivity contribution in [3.63, 3.8) is 0 Å². The Morgan fingerprint density at radius 1 is 0.902 bits per heavy atom. The normalized spacial score (nSPS) is 18.0. The number of amides is 3. The molecule has 3 N–H and O–H groups in total. The van der Waals surface area contributed by atoms with Gasteiger partial charge in [0.1, 0.15) is 11.9 Å². The highest BCUT2D eigenvalue weighted by molar-refractivity contribution is 7.91. The van der Waals surface area contributed by atoms with Gasteiger partial charge in [-0.1, -0.05) is 62.4 Å². The number of ether oxygens (including phenoxy) is 1. The molecule has 3 heterocycles. The van der Waals surface area contributed by atoms with E-state index < -0.39 is 22.0 Å². The molecular weight excluding hydrogens is 669 g/mol. The van der Waals surface area contributed by atoms with Gasteiger partial charge in [0.2, 0.25) is 5.91 Å². The summed E-state index contributed by atoms with van der Waals surface area (Å²) in [6.45, 7) is 6.12. The van der Waals surface area contributed by atoms with Crippen molar-refractivity contribution in [3.8, 4) is 22.4 Å². The number of hydrogen-bond acceptors (Lipinski definition) is 8. The first-order chi connectivity index (χ1) is 24.5. The summed E-state index contributed by atoms with van der Waals surface area (Å²) in [7, 11) is -1.63. The zero-order chi connectivity index (χ0) is 36.1. The molecule has 2 saturated heterocycles. The van der Waals surface area contributed by atoms with E-state index in [1.54, 1.807) is 23.2 Å². The van der Waals surface area contributed by atoms with Gasteiger partial charge in [-0.15, -0.1) is 0 Å². The van der Waals surface area contributed by atoms with Crippen LogP contribution >= 0.6 is 0 Å². The molecule has 0 spiro atoms. The topological polar surface area (TPSA) is 154 Å². The minimum atomic E-state index is -2.91. The van der Waals surface area contributed by atoms with Gasteiger partial charge < -0.3 is 25.3 Å². The Bertz CT molecular complexity index is 1940. The number of benzene rings is 3. The number of likely N-dealkylation sites (tertiary alicyclic amines) is 1. The number of H-pyrrole nitrogens is 1. The number of methoxy groups -OCH3 is 1. The van der Waals surface area contributed by atoms with Crippen LogP contribution in [0.3, 0.4) is 0 Å². The number of aromatic nitrogens is 2. The first-order valence-corrected chi connectivity index (χ1v) is 19.1. The summed E-state index contributed by atoms with van der Waals surface area (Å²) in [6, 6.07) is 22.2. The van der Waals surface area contributed by atoms with Gasteiger partial charge in [-0.05, 0) is 65.3 Å². The van der Waals surface area contributed by atoms with Crippen molar-refractivity contribution in [3.05, 3.63) is 95.9 Å². The Balaban J connectivity index is 1.05. The molecule has 6 rings (SSSR count).